The largest absolute Gasteiger partial charge is 0.384 e. The van der Waals surface area contributed by atoms with E-state index in [4.69, 9.17) is 5.90 Å². The van der Waals surface area contributed by atoms with Crippen LogP contribution in [0, 0.1) is 0 Å². The van der Waals surface area contributed by atoms with Gasteiger partial charge in [0.1, 0.15) is 0 Å². The molecule has 0 bridgehead atoms. The molecule has 4 nitrogen and oxygen atoms in total. The van der Waals surface area contributed by atoms with Crippen LogP contribution in [0.4, 0.5) is 5.69 Å². The van der Waals surface area contributed by atoms with Gasteiger partial charge in [0.05, 0.1) is 12.0 Å². The zero-order valence-corrected chi connectivity index (χ0v) is 7.76. The van der Waals surface area contributed by atoms with Crippen LogP contribution in [-0.4, -0.2) is 6.54 Å². The third kappa shape index (κ3) is 1.94. The molecule has 0 radical (unpaired) electrons. The first-order valence-electron chi connectivity index (χ1n) is 3.97. The van der Waals surface area contributed by atoms with E-state index in [9.17, 15) is 0 Å². The number of hydrogen-bond acceptors (Lipinski definition) is 5. The van der Waals surface area contributed by atoms with E-state index in [2.05, 4.69) is 20.7 Å². The summed E-state index contributed by atoms with van der Waals surface area (Å²) in [6.07, 6.45) is 1.06. The summed E-state index contributed by atoms with van der Waals surface area (Å²) >= 11 is 1.11. The van der Waals surface area contributed by atoms with Gasteiger partial charge < -0.3 is 5.32 Å². The Balaban J connectivity index is 2.12. The number of nitrogens with one attached hydrogen (secondary N) is 1. The quantitative estimate of drug-likeness (QED) is 0.438. The van der Waals surface area contributed by atoms with Crippen molar-refractivity contribution in [2.24, 2.45) is 5.90 Å². The van der Waals surface area contributed by atoms with Crippen molar-refractivity contribution in [2.75, 3.05) is 11.9 Å². The maximum absolute atomic E-state index is 4.73. The molecule has 70 valence electrons. The number of nitrogens with two attached hydrogens (primary N) is 1. The van der Waals surface area contributed by atoms with Crippen LogP contribution in [0.5, 0.6) is 0 Å². The van der Waals surface area contributed by atoms with E-state index >= 15 is 0 Å². The summed E-state index contributed by atoms with van der Waals surface area (Å²) in [5.74, 6) is 4.73. The average molecular weight is 198 g/mol. The minimum Gasteiger partial charge on any atom is -0.384 e. The fraction of sp³-hybridized carbons (Fsp3) is 0.250. The second-order valence-corrected chi connectivity index (χ2v) is 3.52. The highest BCUT2D eigenvalue weighted by Gasteiger charge is 2.10. The van der Waals surface area contributed by atoms with E-state index in [1.807, 2.05) is 12.1 Å². The first-order valence-corrected chi connectivity index (χ1v) is 4.71. The topological polar surface area (TPSA) is 56.5 Å². The highest BCUT2D eigenvalue weighted by atomic mass is 32.2. The van der Waals surface area contributed by atoms with Crippen molar-refractivity contribution in [2.45, 2.75) is 11.3 Å². The van der Waals surface area contributed by atoms with E-state index < -0.39 is 0 Å². The number of benzene rings is 1. The Morgan fingerprint density at radius 1 is 1.46 bits per heavy atom. The minimum atomic E-state index is 0.993. The molecule has 3 N–H and O–H groups in total. The molecule has 0 aliphatic carbocycles. The second-order valence-electron chi connectivity index (χ2n) is 2.74. The van der Waals surface area contributed by atoms with Crippen LogP contribution in [0.15, 0.2) is 23.1 Å². The molecule has 0 saturated carbocycles. The van der Waals surface area contributed by atoms with Crippen molar-refractivity contribution in [1.82, 2.24) is 0 Å². The normalized spacial score (nSPS) is 13.9. The van der Waals surface area contributed by atoms with Crippen molar-refractivity contribution in [3.8, 4) is 0 Å². The lowest BCUT2D eigenvalue weighted by atomic mass is 10.2. The first kappa shape index (κ1) is 8.83. The smallest absolute Gasteiger partial charge is 0.0702 e. The number of fused-ring (bicyclic) bond motifs is 1. The Bertz CT molecular complexity index is 306. The van der Waals surface area contributed by atoms with Gasteiger partial charge in [0.25, 0.3) is 0 Å². The molecule has 1 heterocycles. The number of anilines is 1. The van der Waals surface area contributed by atoms with Gasteiger partial charge in [-0.15, -0.1) is 9.32 Å². The highest BCUT2D eigenvalue weighted by Crippen LogP contribution is 2.28. The lowest BCUT2D eigenvalue weighted by Gasteiger charge is -2.01. The fourth-order valence-electron chi connectivity index (χ4n) is 1.39. The van der Waals surface area contributed by atoms with Gasteiger partial charge in [0.2, 0.25) is 0 Å². The molecule has 1 aromatic rings. The molecule has 0 amide bonds. The molecular weight excluding hydrogens is 188 g/mol. The molecular formula is C8H10N2O2S. The van der Waals surface area contributed by atoms with Crippen LogP contribution in [0.25, 0.3) is 0 Å². The molecule has 5 heteroatoms. The average Bonchev–Trinajstić information content (AvgIpc) is 2.61. The van der Waals surface area contributed by atoms with E-state index in [-0.39, 0.29) is 0 Å². The van der Waals surface area contributed by atoms with Crippen molar-refractivity contribution < 1.29 is 9.32 Å². The van der Waals surface area contributed by atoms with Crippen molar-refractivity contribution >= 4 is 17.7 Å². The summed E-state index contributed by atoms with van der Waals surface area (Å²) in [7, 11) is 0. The van der Waals surface area contributed by atoms with Crippen molar-refractivity contribution in [3.05, 3.63) is 23.8 Å². The predicted molar refractivity (Wildman–Crippen MR) is 50.9 cm³/mol. The van der Waals surface area contributed by atoms with E-state index in [0.717, 1.165) is 29.9 Å². The van der Waals surface area contributed by atoms with Gasteiger partial charge in [0.15, 0.2) is 0 Å². The van der Waals surface area contributed by atoms with Crippen LogP contribution < -0.4 is 11.2 Å². The van der Waals surface area contributed by atoms with E-state index in [1.54, 1.807) is 0 Å². The molecule has 0 spiro atoms. The third-order valence-corrected chi connectivity index (χ3v) is 2.55. The Kier molecular flexibility index (Phi) is 2.70. The van der Waals surface area contributed by atoms with Gasteiger partial charge in [-0.3, -0.25) is 0 Å². The number of hydrogen-bond donors (Lipinski definition) is 2. The maximum atomic E-state index is 4.73. The third-order valence-electron chi connectivity index (χ3n) is 1.96. The predicted octanol–water partition coefficient (Wildman–Crippen LogP) is 1.48. The lowest BCUT2D eigenvalue weighted by Crippen LogP contribution is -1.93. The van der Waals surface area contributed by atoms with E-state index in [1.165, 1.54) is 11.3 Å². The van der Waals surface area contributed by atoms with Gasteiger partial charge in [-0.05, 0) is 30.2 Å². The molecule has 2 rings (SSSR count). The molecule has 0 saturated heterocycles. The Labute approximate surface area is 80.5 Å². The van der Waals surface area contributed by atoms with Gasteiger partial charge in [0, 0.05) is 17.1 Å². The molecule has 0 aromatic heterocycles. The van der Waals surface area contributed by atoms with Crippen molar-refractivity contribution in [3.63, 3.8) is 0 Å². The molecule has 1 aliphatic rings. The van der Waals surface area contributed by atoms with Gasteiger partial charge in [-0.25, -0.2) is 0 Å². The standard InChI is InChI=1S/C8H10N2O2S/c9-11-12-13-7-1-2-8-6(5-7)3-4-10-8/h1-2,5,10H,3-4,9H2. The SMILES string of the molecule is NOOSc1ccc2c(c1)CCN2. The summed E-state index contributed by atoms with van der Waals surface area (Å²) in [5, 5.41) is 3.28. The molecule has 0 unspecified atom stereocenters. The summed E-state index contributed by atoms with van der Waals surface area (Å²) in [6, 6.07) is 6.06. The minimum absolute atomic E-state index is 0.993. The summed E-state index contributed by atoms with van der Waals surface area (Å²) in [6.45, 7) is 1.01. The van der Waals surface area contributed by atoms with Crippen molar-refractivity contribution in [1.29, 1.82) is 0 Å². The Morgan fingerprint density at radius 3 is 3.23 bits per heavy atom. The lowest BCUT2D eigenvalue weighted by molar-refractivity contribution is -0.195. The van der Waals surface area contributed by atoms with Crippen LogP contribution in [0.3, 0.4) is 0 Å². The van der Waals surface area contributed by atoms with E-state index in [0.29, 0.717) is 0 Å². The zero-order chi connectivity index (χ0) is 9.10. The van der Waals surface area contributed by atoms with Crippen LogP contribution in [0.2, 0.25) is 0 Å². The van der Waals surface area contributed by atoms with Crippen LogP contribution >= 0.6 is 12.0 Å². The second kappa shape index (κ2) is 3.97. The Hall–Kier alpha value is -0.750. The summed E-state index contributed by atoms with van der Waals surface area (Å²) in [5.41, 5.74) is 2.52. The molecule has 0 fully saturated rings. The van der Waals surface area contributed by atoms with Gasteiger partial charge in [-0.1, -0.05) is 0 Å². The summed E-state index contributed by atoms with van der Waals surface area (Å²) < 4.78 is 4.55. The molecule has 0 atom stereocenters. The monoisotopic (exact) mass is 198 g/mol. The number of rotatable bonds is 3. The highest BCUT2D eigenvalue weighted by molar-refractivity contribution is 7.94. The Morgan fingerprint density at radius 2 is 2.38 bits per heavy atom. The van der Waals surface area contributed by atoms with Crippen LogP contribution in [0.1, 0.15) is 5.56 Å². The van der Waals surface area contributed by atoms with Crippen LogP contribution in [-0.2, 0) is 15.7 Å². The van der Waals surface area contributed by atoms with Gasteiger partial charge in [-0.2, -0.15) is 5.90 Å². The fourth-order valence-corrected chi connectivity index (χ4v) is 1.82. The summed E-state index contributed by atoms with van der Waals surface area (Å²) in [4.78, 5) is 5.01. The zero-order valence-electron chi connectivity index (χ0n) is 6.95. The first-order chi connectivity index (χ1) is 6.40. The van der Waals surface area contributed by atoms with Gasteiger partial charge >= 0.3 is 0 Å². The molecule has 13 heavy (non-hydrogen) atoms. The molecule has 1 aliphatic heterocycles. The maximum Gasteiger partial charge on any atom is 0.0702 e. The molecule has 1 aromatic carbocycles.